The highest BCUT2D eigenvalue weighted by atomic mass is 16.6. The summed E-state index contributed by atoms with van der Waals surface area (Å²) in [6.45, 7) is 5.12. The number of non-ortho nitro benzene ring substituents is 1. The standard InChI is InChI=1S/C11H16N2O2/c1-3-8-12-9(2)10-4-6-11(7-5-10)13(14)15/h4-7,9,12H,3,8H2,1-2H3/t9-/m0/s1. The Hall–Kier alpha value is -1.42. The molecule has 1 atom stereocenters. The van der Waals surface area contributed by atoms with E-state index in [0.717, 1.165) is 18.5 Å². The Bertz CT molecular complexity index is 322. The van der Waals surface area contributed by atoms with Gasteiger partial charge in [0.05, 0.1) is 4.92 Å². The van der Waals surface area contributed by atoms with Crippen molar-refractivity contribution >= 4 is 5.69 Å². The normalized spacial score (nSPS) is 12.4. The van der Waals surface area contributed by atoms with Gasteiger partial charge in [-0.2, -0.15) is 0 Å². The lowest BCUT2D eigenvalue weighted by atomic mass is 10.1. The molecule has 0 saturated heterocycles. The molecule has 0 aliphatic carbocycles. The molecule has 1 aromatic rings. The Morgan fingerprint density at radius 2 is 2.00 bits per heavy atom. The second kappa shape index (κ2) is 5.46. The van der Waals surface area contributed by atoms with Gasteiger partial charge in [-0.1, -0.05) is 19.1 Å². The molecule has 4 nitrogen and oxygen atoms in total. The highest BCUT2D eigenvalue weighted by Gasteiger charge is 2.07. The molecule has 0 amide bonds. The lowest BCUT2D eigenvalue weighted by Gasteiger charge is -2.12. The summed E-state index contributed by atoms with van der Waals surface area (Å²) in [5, 5.41) is 13.8. The van der Waals surface area contributed by atoms with Crippen molar-refractivity contribution in [1.29, 1.82) is 0 Å². The quantitative estimate of drug-likeness (QED) is 0.597. The number of nitrogens with zero attached hydrogens (tertiary/aromatic N) is 1. The lowest BCUT2D eigenvalue weighted by Crippen LogP contribution is -2.19. The van der Waals surface area contributed by atoms with E-state index in [1.807, 2.05) is 0 Å². The van der Waals surface area contributed by atoms with Crippen LogP contribution in [0.15, 0.2) is 24.3 Å². The van der Waals surface area contributed by atoms with Crippen molar-refractivity contribution < 1.29 is 4.92 Å². The summed E-state index contributed by atoms with van der Waals surface area (Å²) in [4.78, 5) is 10.1. The average molecular weight is 208 g/mol. The van der Waals surface area contributed by atoms with Gasteiger partial charge in [-0.3, -0.25) is 10.1 Å². The fourth-order valence-electron chi connectivity index (χ4n) is 1.36. The summed E-state index contributed by atoms with van der Waals surface area (Å²) < 4.78 is 0. The van der Waals surface area contributed by atoms with Crippen LogP contribution in [0.4, 0.5) is 5.69 Å². The van der Waals surface area contributed by atoms with Gasteiger partial charge < -0.3 is 5.32 Å². The van der Waals surface area contributed by atoms with Gasteiger partial charge in [-0.15, -0.1) is 0 Å². The number of rotatable bonds is 5. The molecule has 82 valence electrons. The molecule has 15 heavy (non-hydrogen) atoms. The third-order valence-corrected chi connectivity index (χ3v) is 2.30. The zero-order chi connectivity index (χ0) is 11.3. The maximum atomic E-state index is 10.4. The second-order valence-corrected chi connectivity index (χ2v) is 3.52. The Morgan fingerprint density at radius 3 is 2.47 bits per heavy atom. The second-order valence-electron chi connectivity index (χ2n) is 3.52. The average Bonchev–Trinajstić information content (AvgIpc) is 2.26. The molecule has 0 unspecified atom stereocenters. The smallest absolute Gasteiger partial charge is 0.269 e. The van der Waals surface area contributed by atoms with Gasteiger partial charge in [0.15, 0.2) is 0 Å². The molecule has 0 aromatic heterocycles. The number of nitro benzene ring substituents is 1. The van der Waals surface area contributed by atoms with E-state index in [9.17, 15) is 10.1 Å². The van der Waals surface area contributed by atoms with Gasteiger partial charge in [0, 0.05) is 18.2 Å². The Labute approximate surface area is 89.5 Å². The predicted molar refractivity (Wildman–Crippen MR) is 59.8 cm³/mol. The molecule has 0 spiro atoms. The topological polar surface area (TPSA) is 55.2 Å². The third-order valence-electron chi connectivity index (χ3n) is 2.30. The van der Waals surface area contributed by atoms with Crippen LogP contribution in [0.1, 0.15) is 31.9 Å². The van der Waals surface area contributed by atoms with E-state index in [2.05, 4.69) is 19.2 Å². The minimum absolute atomic E-state index is 0.140. The van der Waals surface area contributed by atoms with Gasteiger partial charge >= 0.3 is 0 Å². The zero-order valence-corrected chi connectivity index (χ0v) is 9.06. The first-order valence-electron chi connectivity index (χ1n) is 5.13. The van der Waals surface area contributed by atoms with Crippen LogP contribution in [0.3, 0.4) is 0 Å². The molecule has 1 N–H and O–H groups in total. The van der Waals surface area contributed by atoms with Crippen molar-refractivity contribution in [3.8, 4) is 0 Å². The largest absolute Gasteiger partial charge is 0.310 e. The van der Waals surface area contributed by atoms with Crippen molar-refractivity contribution in [2.75, 3.05) is 6.54 Å². The van der Waals surface area contributed by atoms with Crippen LogP contribution < -0.4 is 5.32 Å². The summed E-state index contributed by atoms with van der Waals surface area (Å²) in [5.74, 6) is 0. The van der Waals surface area contributed by atoms with Crippen molar-refractivity contribution in [2.24, 2.45) is 0 Å². The first-order chi connectivity index (χ1) is 7.15. The molecule has 1 rings (SSSR count). The van der Waals surface area contributed by atoms with Crippen LogP contribution in [0.5, 0.6) is 0 Å². The van der Waals surface area contributed by atoms with Crippen LogP contribution in [-0.2, 0) is 0 Å². The van der Waals surface area contributed by atoms with E-state index < -0.39 is 0 Å². The van der Waals surface area contributed by atoms with Crippen molar-refractivity contribution in [3.63, 3.8) is 0 Å². The van der Waals surface area contributed by atoms with Gasteiger partial charge in [-0.05, 0) is 25.5 Å². The van der Waals surface area contributed by atoms with Crippen LogP contribution in [0.2, 0.25) is 0 Å². The minimum atomic E-state index is -0.381. The third kappa shape index (κ3) is 3.32. The summed E-state index contributed by atoms with van der Waals surface area (Å²) >= 11 is 0. The van der Waals surface area contributed by atoms with E-state index in [4.69, 9.17) is 0 Å². The van der Waals surface area contributed by atoms with Gasteiger partial charge in [0.1, 0.15) is 0 Å². The maximum Gasteiger partial charge on any atom is 0.269 e. The lowest BCUT2D eigenvalue weighted by molar-refractivity contribution is -0.384. The van der Waals surface area contributed by atoms with Crippen molar-refractivity contribution in [1.82, 2.24) is 5.32 Å². The monoisotopic (exact) mass is 208 g/mol. The highest BCUT2D eigenvalue weighted by Crippen LogP contribution is 2.17. The van der Waals surface area contributed by atoms with Crippen LogP contribution in [0.25, 0.3) is 0 Å². The minimum Gasteiger partial charge on any atom is -0.310 e. The number of benzene rings is 1. The zero-order valence-electron chi connectivity index (χ0n) is 9.06. The van der Waals surface area contributed by atoms with Gasteiger partial charge in [0.2, 0.25) is 0 Å². The van der Waals surface area contributed by atoms with E-state index in [0.29, 0.717) is 0 Å². The summed E-state index contributed by atoms with van der Waals surface area (Å²) in [6.07, 6.45) is 1.08. The Kier molecular flexibility index (Phi) is 4.24. The van der Waals surface area contributed by atoms with E-state index >= 15 is 0 Å². The summed E-state index contributed by atoms with van der Waals surface area (Å²) in [5.41, 5.74) is 1.22. The molecule has 0 aliphatic heterocycles. The maximum absolute atomic E-state index is 10.4. The molecule has 0 bridgehead atoms. The molecule has 0 aliphatic rings. The number of nitrogens with one attached hydrogen (secondary N) is 1. The number of nitro groups is 1. The SMILES string of the molecule is CCCN[C@@H](C)c1ccc([N+](=O)[O-])cc1. The Balaban J connectivity index is 2.66. The number of hydrogen-bond donors (Lipinski definition) is 1. The van der Waals surface area contributed by atoms with Crippen LogP contribution in [-0.4, -0.2) is 11.5 Å². The molecule has 0 saturated carbocycles. The fraction of sp³-hybridized carbons (Fsp3) is 0.455. The van der Waals surface area contributed by atoms with Gasteiger partial charge in [0.25, 0.3) is 5.69 Å². The molecule has 0 fully saturated rings. The molecule has 4 heteroatoms. The molecule has 1 aromatic carbocycles. The van der Waals surface area contributed by atoms with Crippen molar-refractivity contribution in [2.45, 2.75) is 26.3 Å². The predicted octanol–water partition coefficient (Wildman–Crippen LogP) is 2.66. The summed E-state index contributed by atoms with van der Waals surface area (Å²) in [6, 6.07) is 6.92. The number of hydrogen-bond acceptors (Lipinski definition) is 3. The van der Waals surface area contributed by atoms with Crippen LogP contribution in [0, 0.1) is 10.1 Å². The molecule has 0 heterocycles. The van der Waals surface area contributed by atoms with E-state index in [1.54, 1.807) is 24.3 Å². The molecular weight excluding hydrogens is 192 g/mol. The molecular formula is C11H16N2O2. The van der Waals surface area contributed by atoms with E-state index in [-0.39, 0.29) is 16.7 Å². The Morgan fingerprint density at radius 1 is 1.40 bits per heavy atom. The van der Waals surface area contributed by atoms with Gasteiger partial charge in [-0.25, -0.2) is 0 Å². The fourth-order valence-corrected chi connectivity index (χ4v) is 1.36. The van der Waals surface area contributed by atoms with Crippen molar-refractivity contribution in [3.05, 3.63) is 39.9 Å². The first kappa shape index (κ1) is 11.7. The highest BCUT2D eigenvalue weighted by molar-refractivity contribution is 5.33. The summed E-state index contributed by atoms with van der Waals surface area (Å²) in [7, 11) is 0. The van der Waals surface area contributed by atoms with E-state index in [1.165, 1.54) is 0 Å². The van der Waals surface area contributed by atoms with Crippen LogP contribution >= 0.6 is 0 Å². The first-order valence-corrected chi connectivity index (χ1v) is 5.13. The molecule has 0 radical (unpaired) electrons.